The molecule has 0 saturated carbocycles. The molecule has 1 atom stereocenters. The Labute approximate surface area is 198 Å². The summed E-state index contributed by atoms with van der Waals surface area (Å²) in [6.45, 7) is 3.44. The third-order valence-electron chi connectivity index (χ3n) is 6.78. The predicted molar refractivity (Wildman–Crippen MR) is 133 cm³/mol. The number of nitrogens with zero attached hydrogens (tertiary/aromatic N) is 2. The zero-order chi connectivity index (χ0) is 23.7. The summed E-state index contributed by atoms with van der Waals surface area (Å²) in [5.74, 6) is -0.860. The van der Waals surface area contributed by atoms with Crippen molar-refractivity contribution in [2.45, 2.75) is 31.7 Å². The highest BCUT2D eigenvalue weighted by Gasteiger charge is 2.50. The first-order valence-corrected chi connectivity index (χ1v) is 11.7. The van der Waals surface area contributed by atoms with E-state index in [9.17, 15) is 14.4 Å². The lowest BCUT2D eigenvalue weighted by Gasteiger charge is -2.28. The number of urea groups is 1. The third kappa shape index (κ3) is 3.98. The van der Waals surface area contributed by atoms with Gasteiger partial charge in [0.1, 0.15) is 12.1 Å². The molecule has 0 bridgehead atoms. The van der Waals surface area contributed by atoms with Crippen LogP contribution in [-0.2, 0) is 15.1 Å². The highest BCUT2D eigenvalue weighted by atomic mass is 16.2. The zero-order valence-corrected chi connectivity index (χ0v) is 19.2. The number of amides is 4. The number of benzene rings is 3. The number of piperidine rings is 1. The second-order valence-corrected chi connectivity index (χ2v) is 9.12. The molecular formula is C27H28N4O3. The summed E-state index contributed by atoms with van der Waals surface area (Å²) in [5, 5.41) is 7.48. The van der Waals surface area contributed by atoms with Crippen LogP contribution in [-0.4, -0.2) is 42.4 Å². The standard InChI is InChI=1S/C27H28N4O3/c1-27(23-11-7-9-19-8-3-4-10-22(19)23)25(33)31(26(34)29-27)18-24(32)28-20-12-14-21(15-13-20)30-16-5-2-6-17-30/h3-4,7-15H,2,5-6,16-18H2,1H3,(H,28,32)(H,29,34)/t27-/m1/s1. The number of carbonyl (C=O) groups is 3. The molecule has 7 heteroatoms. The van der Waals surface area contributed by atoms with Crippen molar-refractivity contribution in [1.29, 1.82) is 0 Å². The number of hydrogen-bond donors (Lipinski definition) is 2. The molecule has 3 aromatic rings. The number of fused-ring (bicyclic) bond motifs is 1. The van der Waals surface area contributed by atoms with Crippen LogP contribution in [0.3, 0.4) is 0 Å². The second kappa shape index (κ2) is 8.82. The number of anilines is 2. The third-order valence-corrected chi connectivity index (χ3v) is 6.78. The average Bonchev–Trinajstić information content (AvgIpc) is 3.08. The molecule has 2 aliphatic heterocycles. The van der Waals surface area contributed by atoms with Gasteiger partial charge in [-0.05, 0) is 66.8 Å². The van der Waals surface area contributed by atoms with Gasteiger partial charge in [0.25, 0.3) is 5.91 Å². The van der Waals surface area contributed by atoms with Gasteiger partial charge in [-0.15, -0.1) is 0 Å². The molecule has 2 heterocycles. The van der Waals surface area contributed by atoms with Gasteiger partial charge in [-0.1, -0.05) is 42.5 Å². The molecule has 5 rings (SSSR count). The lowest BCUT2D eigenvalue weighted by molar-refractivity contribution is -0.133. The molecule has 3 aromatic carbocycles. The Kier molecular flexibility index (Phi) is 5.69. The first kappa shape index (κ1) is 21.9. The summed E-state index contributed by atoms with van der Waals surface area (Å²) in [5.41, 5.74) is 1.24. The number of hydrogen-bond acceptors (Lipinski definition) is 4. The molecule has 0 unspecified atom stereocenters. The van der Waals surface area contributed by atoms with E-state index in [0.29, 0.717) is 11.3 Å². The van der Waals surface area contributed by atoms with Crippen LogP contribution in [0.25, 0.3) is 10.8 Å². The molecule has 174 valence electrons. The topological polar surface area (TPSA) is 81.8 Å². The molecule has 34 heavy (non-hydrogen) atoms. The van der Waals surface area contributed by atoms with Crippen molar-refractivity contribution in [3.8, 4) is 0 Å². The van der Waals surface area contributed by atoms with Crippen molar-refractivity contribution in [3.63, 3.8) is 0 Å². The predicted octanol–water partition coefficient (Wildman–Crippen LogP) is 4.24. The van der Waals surface area contributed by atoms with Gasteiger partial charge >= 0.3 is 6.03 Å². The Bertz CT molecular complexity index is 1240. The zero-order valence-electron chi connectivity index (χ0n) is 19.2. The largest absolute Gasteiger partial charge is 0.372 e. The van der Waals surface area contributed by atoms with Gasteiger partial charge < -0.3 is 15.5 Å². The number of imide groups is 1. The van der Waals surface area contributed by atoms with E-state index in [1.165, 1.54) is 19.3 Å². The van der Waals surface area contributed by atoms with Gasteiger partial charge in [-0.3, -0.25) is 14.5 Å². The van der Waals surface area contributed by atoms with Crippen LogP contribution in [0, 0.1) is 0 Å². The van der Waals surface area contributed by atoms with E-state index >= 15 is 0 Å². The highest BCUT2D eigenvalue weighted by molar-refractivity contribution is 6.11. The van der Waals surface area contributed by atoms with Gasteiger partial charge in [0.05, 0.1) is 0 Å². The van der Waals surface area contributed by atoms with Crippen molar-refractivity contribution < 1.29 is 14.4 Å². The maximum atomic E-state index is 13.3. The van der Waals surface area contributed by atoms with Crippen LogP contribution >= 0.6 is 0 Å². The van der Waals surface area contributed by atoms with E-state index in [2.05, 4.69) is 15.5 Å². The monoisotopic (exact) mass is 456 g/mol. The Morgan fingerprint density at radius 1 is 0.941 bits per heavy atom. The SMILES string of the molecule is C[C@]1(c2cccc3ccccc23)NC(=O)N(CC(=O)Nc2ccc(N3CCCCC3)cc2)C1=O. The first-order chi connectivity index (χ1) is 16.5. The molecule has 2 aliphatic rings. The fourth-order valence-corrected chi connectivity index (χ4v) is 4.94. The Balaban J connectivity index is 1.29. The highest BCUT2D eigenvalue weighted by Crippen LogP contribution is 2.33. The smallest absolute Gasteiger partial charge is 0.325 e. The summed E-state index contributed by atoms with van der Waals surface area (Å²) in [6.07, 6.45) is 3.66. The summed E-state index contributed by atoms with van der Waals surface area (Å²) in [4.78, 5) is 42.1. The minimum absolute atomic E-state index is 0.348. The van der Waals surface area contributed by atoms with Crippen LogP contribution in [0.2, 0.25) is 0 Å². The van der Waals surface area contributed by atoms with Crippen molar-refractivity contribution >= 4 is 40.0 Å². The van der Waals surface area contributed by atoms with Crippen LogP contribution < -0.4 is 15.5 Å². The molecule has 0 aromatic heterocycles. The molecule has 0 aliphatic carbocycles. The van der Waals surface area contributed by atoms with Gasteiger partial charge in [-0.2, -0.15) is 0 Å². The van der Waals surface area contributed by atoms with E-state index in [1.807, 2.05) is 66.7 Å². The van der Waals surface area contributed by atoms with Crippen molar-refractivity contribution in [3.05, 3.63) is 72.3 Å². The lowest BCUT2D eigenvalue weighted by Crippen LogP contribution is -2.42. The molecule has 2 saturated heterocycles. The number of carbonyl (C=O) groups excluding carboxylic acids is 3. The van der Waals surface area contributed by atoms with E-state index < -0.39 is 23.4 Å². The summed E-state index contributed by atoms with van der Waals surface area (Å²) >= 11 is 0. The normalized spacial score (nSPS) is 20.5. The average molecular weight is 457 g/mol. The van der Waals surface area contributed by atoms with E-state index in [1.54, 1.807) is 6.92 Å². The Hall–Kier alpha value is -3.87. The quantitative estimate of drug-likeness (QED) is 0.563. The number of nitrogens with one attached hydrogen (secondary N) is 2. The maximum Gasteiger partial charge on any atom is 0.325 e. The summed E-state index contributed by atoms with van der Waals surface area (Å²) in [7, 11) is 0. The minimum Gasteiger partial charge on any atom is -0.372 e. The van der Waals surface area contributed by atoms with Crippen LogP contribution in [0.15, 0.2) is 66.7 Å². The van der Waals surface area contributed by atoms with Crippen molar-refractivity contribution in [2.24, 2.45) is 0 Å². The molecule has 2 N–H and O–H groups in total. The van der Waals surface area contributed by atoms with Crippen molar-refractivity contribution in [1.82, 2.24) is 10.2 Å². The van der Waals surface area contributed by atoms with E-state index in [0.717, 1.165) is 34.4 Å². The summed E-state index contributed by atoms with van der Waals surface area (Å²) < 4.78 is 0. The first-order valence-electron chi connectivity index (χ1n) is 11.7. The fraction of sp³-hybridized carbons (Fsp3) is 0.296. The van der Waals surface area contributed by atoms with Gasteiger partial charge in [0, 0.05) is 24.5 Å². The minimum atomic E-state index is -1.24. The van der Waals surface area contributed by atoms with Crippen LogP contribution in [0.1, 0.15) is 31.7 Å². The summed E-state index contributed by atoms with van der Waals surface area (Å²) in [6, 6.07) is 20.5. The molecule has 4 amide bonds. The maximum absolute atomic E-state index is 13.3. The molecule has 2 fully saturated rings. The van der Waals surface area contributed by atoms with Gasteiger partial charge in [0.2, 0.25) is 5.91 Å². The van der Waals surface area contributed by atoms with Crippen LogP contribution in [0.4, 0.5) is 16.2 Å². The fourth-order valence-electron chi connectivity index (χ4n) is 4.94. The van der Waals surface area contributed by atoms with E-state index in [4.69, 9.17) is 0 Å². The molecule has 7 nitrogen and oxygen atoms in total. The molecule has 0 spiro atoms. The van der Waals surface area contributed by atoms with Crippen molar-refractivity contribution in [2.75, 3.05) is 29.9 Å². The van der Waals surface area contributed by atoms with E-state index in [-0.39, 0.29) is 6.54 Å². The Morgan fingerprint density at radius 2 is 1.65 bits per heavy atom. The van der Waals surface area contributed by atoms with Crippen LogP contribution in [0.5, 0.6) is 0 Å². The molecule has 0 radical (unpaired) electrons. The Morgan fingerprint density at radius 3 is 2.41 bits per heavy atom. The van der Waals surface area contributed by atoms with Gasteiger partial charge in [-0.25, -0.2) is 4.79 Å². The van der Waals surface area contributed by atoms with Gasteiger partial charge in [0.15, 0.2) is 0 Å². The second-order valence-electron chi connectivity index (χ2n) is 9.12. The molecular weight excluding hydrogens is 428 g/mol. The number of rotatable bonds is 5. The lowest BCUT2D eigenvalue weighted by atomic mass is 9.88.